The molecule has 0 unspecified atom stereocenters. The van der Waals surface area contributed by atoms with Crippen LogP contribution in [0.25, 0.3) is 0 Å². The number of aromatic nitrogens is 3. The van der Waals surface area contributed by atoms with Gasteiger partial charge in [0.1, 0.15) is 5.75 Å². The van der Waals surface area contributed by atoms with E-state index in [-0.39, 0.29) is 0 Å². The standard InChI is InChI=1S/C14H16N4OS/c1-3-4-13-15-16-14-18(13)17-12(9-20-14)10-5-7-11(19-2)8-6-10/h5-8H,3-4,9H2,1-2H3. The Morgan fingerprint density at radius 2 is 2.05 bits per heavy atom. The molecule has 0 amide bonds. The van der Waals surface area contributed by atoms with Crippen LogP contribution in [0.15, 0.2) is 34.5 Å². The van der Waals surface area contributed by atoms with Gasteiger partial charge in [0.25, 0.3) is 0 Å². The third kappa shape index (κ3) is 2.43. The first-order valence-corrected chi connectivity index (χ1v) is 7.59. The number of ether oxygens (including phenoxy) is 1. The van der Waals surface area contributed by atoms with Crippen molar-refractivity contribution in [2.24, 2.45) is 5.10 Å². The Morgan fingerprint density at radius 3 is 2.75 bits per heavy atom. The molecule has 0 N–H and O–H groups in total. The normalized spacial score (nSPS) is 13.8. The molecule has 20 heavy (non-hydrogen) atoms. The van der Waals surface area contributed by atoms with E-state index >= 15 is 0 Å². The quantitative estimate of drug-likeness (QED) is 0.867. The van der Waals surface area contributed by atoms with Gasteiger partial charge in [-0.2, -0.15) is 9.78 Å². The molecule has 0 spiro atoms. The van der Waals surface area contributed by atoms with Crippen molar-refractivity contribution in [2.45, 2.75) is 24.9 Å². The first-order valence-electron chi connectivity index (χ1n) is 6.61. The van der Waals surface area contributed by atoms with E-state index in [9.17, 15) is 0 Å². The van der Waals surface area contributed by atoms with Gasteiger partial charge in [0.05, 0.1) is 12.8 Å². The molecule has 0 saturated heterocycles. The summed E-state index contributed by atoms with van der Waals surface area (Å²) in [5.74, 6) is 2.60. The smallest absolute Gasteiger partial charge is 0.212 e. The number of fused-ring (bicyclic) bond motifs is 1. The second-order valence-electron chi connectivity index (χ2n) is 4.52. The topological polar surface area (TPSA) is 52.3 Å². The van der Waals surface area contributed by atoms with E-state index in [2.05, 4.69) is 17.1 Å². The minimum Gasteiger partial charge on any atom is -0.497 e. The summed E-state index contributed by atoms with van der Waals surface area (Å²) >= 11 is 1.68. The SMILES string of the molecule is CCCc1nnc2n1N=C(c1ccc(OC)cc1)CS2. The highest BCUT2D eigenvalue weighted by Gasteiger charge is 2.19. The van der Waals surface area contributed by atoms with Gasteiger partial charge in [-0.05, 0) is 36.2 Å². The zero-order chi connectivity index (χ0) is 13.9. The Hall–Kier alpha value is -1.82. The molecule has 2 heterocycles. The Kier molecular flexibility index (Phi) is 3.73. The monoisotopic (exact) mass is 288 g/mol. The third-order valence-electron chi connectivity index (χ3n) is 3.13. The number of rotatable bonds is 4. The summed E-state index contributed by atoms with van der Waals surface area (Å²) in [5, 5.41) is 14.0. The summed E-state index contributed by atoms with van der Waals surface area (Å²) in [5.41, 5.74) is 2.16. The van der Waals surface area contributed by atoms with Crippen LogP contribution < -0.4 is 4.74 Å². The number of thioether (sulfide) groups is 1. The molecule has 0 radical (unpaired) electrons. The Morgan fingerprint density at radius 1 is 1.25 bits per heavy atom. The molecule has 104 valence electrons. The highest BCUT2D eigenvalue weighted by Crippen LogP contribution is 2.25. The fourth-order valence-electron chi connectivity index (χ4n) is 2.07. The maximum absolute atomic E-state index is 5.18. The number of aryl methyl sites for hydroxylation is 1. The van der Waals surface area contributed by atoms with Crippen molar-refractivity contribution in [3.8, 4) is 5.75 Å². The maximum atomic E-state index is 5.18. The summed E-state index contributed by atoms with van der Waals surface area (Å²) in [6, 6.07) is 7.98. The first kappa shape index (κ1) is 13.2. The molecular weight excluding hydrogens is 272 g/mol. The number of hydrogen-bond donors (Lipinski definition) is 0. The van der Waals surface area contributed by atoms with Crippen LogP contribution >= 0.6 is 11.8 Å². The van der Waals surface area contributed by atoms with Crippen molar-refractivity contribution in [1.82, 2.24) is 14.9 Å². The molecule has 0 atom stereocenters. The van der Waals surface area contributed by atoms with Gasteiger partial charge in [-0.15, -0.1) is 10.2 Å². The zero-order valence-corrected chi connectivity index (χ0v) is 12.4. The van der Waals surface area contributed by atoms with Gasteiger partial charge in [0.2, 0.25) is 5.16 Å². The third-order valence-corrected chi connectivity index (χ3v) is 4.06. The average molecular weight is 288 g/mol. The van der Waals surface area contributed by atoms with Crippen LogP contribution in [0.5, 0.6) is 5.75 Å². The lowest BCUT2D eigenvalue weighted by Crippen LogP contribution is -2.14. The average Bonchev–Trinajstić information content (AvgIpc) is 2.90. The van der Waals surface area contributed by atoms with Crippen LogP contribution in [0.3, 0.4) is 0 Å². The molecule has 3 rings (SSSR count). The number of nitrogens with zero attached hydrogens (tertiary/aromatic N) is 4. The van der Waals surface area contributed by atoms with Crippen LogP contribution in [0, 0.1) is 0 Å². The summed E-state index contributed by atoms with van der Waals surface area (Å²) in [6.45, 7) is 2.13. The van der Waals surface area contributed by atoms with Crippen molar-refractivity contribution < 1.29 is 4.74 Å². The lowest BCUT2D eigenvalue weighted by molar-refractivity contribution is 0.415. The molecule has 2 aromatic rings. The highest BCUT2D eigenvalue weighted by molar-refractivity contribution is 7.99. The van der Waals surface area contributed by atoms with Crippen LogP contribution in [-0.2, 0) is 6.42 Å². The molecule has 6 heteroatoms. The van der Waals surface area contributed by atoms with Gasteiger partial charge in [-0.1, -0.05) is 18.7 Å². The largest absolute Gasteiger partial charge is 0.497 e. The number of methoxy groups -OCH3 is 1. The van der Waals surface area contributed by atoms with E-state index in [1.165, 1.54) is 0 Å². The summed E-state index contributed by atoms with van der Waals surface area (Å²) in [4.78, 5) is 0. The van der Waals surface area contributed by atoms with E-state index in [0.717, 1.165) is 46.6 Å². The molecule has 0 saturated carbocycles. The van der Waals surface area contributed by atoms with Crippen molar-refractivity contribution >= 4 is 17.5 Å². The first-order chi connectivity index (χ1) is 9.81. The predicted octanol–water partition coefficient (Wildman–Crippen LogP) is 2.60. The molecule has 1 aromatic carbocycles. The highest BCUT2D eigenvalue weighted by atomic mass is 32.2. The van der Waals surface area contributed by atoms with Gasteiger partial charge >= 0.3 is 0 Å². The van der Waals surface area contributed by atoms with Crippen LogP contribution in [-0.4, -0.2) is 33.4 Å². The fraction of sp³-hybridized carbons (Fsp3) is 0.357. The van der Waals surface area contributed by atoms with Crippen LogP contribution in [0.2, 0.25) is 0 Å². The van der Waals surface area contributed by atoms with Crippen molar-refractivity contribution in [3.05, 3.63) is 35.7 Å². The Bertz CT molecular complexity index is 633. The Balaban J connectivity index is 1.94. The van der Waals surface area contributed by atoms with Crippen LogP contribution in [0.4, 0.5) is 0 Å². The van der Waals surface area contributed by atoms with E-state index in [0.29, 0.717) is 0 Å². The predicted molar refractivity (Wildman–Crippen MR) is 79.7 cm³/mol. The summed E-state index contributed by atoms with van der Waals surface area (Å²) in [7, 11) is 1.67. The minimum atomic E-state index is 0.816. The van der Waals surface area contributed by atoms with E-state index in [1.807, 2.05) is 28.9 Å². The van der Waals surface area contributed by atoms with E-state index in [4.69, 9.17) is 9.84 Å². The molecular formula is C14H16N4OS. The van der Waals surface area contributed by atoms with E-state index < -0.39 is 0 Å². The molecule has 1 aromatic heterocycles. The van der Waals surface area contributed by atoms with Gasteiger partial charge in [0, 0.05) is 12.2 Å². The molecule has 0 fully saturated rings. The van der Waals surface area contributed by atoms with Crippen molar-refractivity contribution in [3.63, 3.8) is 0 Å². The summed E-state index contributed by atoms with van der Waals surface area (Å²) < 4.78 is 7.05. The Labute approximate surface area is 122 Å². The molecule has 0 bridgehead atoms. The molecule has 5 nitrogen and oxygen atoms in total. The van der Waals surface area contributed by atoms with Crippen molar-refractivity contribution in [1.29, 1.82) is 0 Å². The second-order valence-corrected chi connectivity index (χ2v) is 5.47. The van der Waals surface area contributed by atoms with Gasteiger partial charge in [-0.3, -0.25) is 0 Å². The van der Waals surface area contributed by atoms with Gasteiger partial charge in [-0.25, -0.2) is 0 Å². The lowest BCUT2D eigenvalue weighted by atomic mass is 10.1. The zero-order valence-electron chi connectivity index (χ0n) is 11.5. The van der Waals surface area contributed by atoms with Crippen molar-refractivity contribution in [2.75, 3.05) is 12.9 Å². The van der Waals surface area contributed by atoms with Gasteiger partial charge < -0.3 is 4.74 Å². The lowest BCUT2D eigenvalue weighted by Gasteiger charge is -2.14. The van der Waals surface area contributed by atoms with E-state index in [1.54, 1.807) is 18.9 Å². The number of hydrogen-bond acceptors (Lipinski definition) is 5. The molecule has 1 aliphatic heterocycles. The summed E-state index contributed by atoms with van der Waals surface area (Å²) in [6.07, 6.45) is 1.93. The van der Waals surface area contributed by atoms with Gasteiger partial charge in [0.15, 0.2) is 5.82 Å². The second kappa shape index (κ2) is 5.66. The molecule has 1 aliphatic rings. The minimum absolute atomic E-state index is 0.816. The van der Waals surface area contributed by atoms with Crippen LogP contribution in [0.1, 0.15) is 24.7 Å². The fourth-order valence-corrected chi connectivity index (χ4v) is 2.93. The molecule has 0 aliphatic carbocycles. The number of benzene rings is 1. The maximum Gasteiger partial charge on any atom is 0.212 e.